The summed E-state index contributed by atoms with van der Waals surface area (Å²) in [7, 11) is 0. The standard InChI is InChI=1S/C15H22N2O3/c1-5-20-14-8-6-13(7-9-14)10(2)17-15(19)11(3)16-12(4)18/h6-11H,5H2,1-4H3,(H,16,18)(H,17,19)/t10-,11+/m1/s1. The predicted molar refractivity (Wildman–Crippen MR) is 77.4 cm³/mol. The highest BCUT2D eigenvalue weighted by atomic mass is 16.5. The van der Waals surface area contributed by atoms with Gasteiger partial charge in [0.25, 0.3) is 0 Å². The van der Waals surface area contributed by atoms with E-state index in [9.17, 15) is 9.59 Å². The van der Waals surface area contributed by atoms with Crippen LogP contribution in [0.15, 0.2) is 24.3 Å². The third-order valence-corrected chi connectivity index (χ3v) is 2.86. The second-order valence-corrected chi connectivity index (χ2v) is 4.65. The lowest BCUT2D eigenvalue weighted by Crippen LogP contribution is -2.44. The minimum Gasteiger partial charge on any atom is -0.494 e. The largest absolute Gasteiger partial charge is 0.494 e. The molecule has 2 N–H and O–H groups in total. The summed E-state index contributed by atoms with van der Waals surface area (Å²) in [4.78, 5) is 22.8. The Morgan fingerprint density at radius 3 is 2.25 bits per heavy atom. The molecule has 0 unspecified atom stereocenters. The van der Waals surface area contributed by atoms with E-state index in [0.29, 0.717) is 6.61 Å². The molecule has 20 heavy (non-hydrogen) atoms. The molecule has 2 amide bonds. The number of hydrogen-bond acceptors (Lipinski definition) is 3. The Morgan fingerprint density at radius 1 is 1.15 bits per heavy atom. The van der Waals surface area contributed by atoms with Crippen molar-refractivity contribution < 1.29 is 14.3 Å². The number of benzene rings is 1. The van der Waals surface area contributed by atoms with E-state index in [-0.39, 0.29) is 17.9 Å². The van der Waals surface area contributed by atoms with E-state index in [1.165, 1.54) is 6.92 Å². The van der Waals surface area contributed by atoms with Crippen LogP contribution in [0.3, 0.4) is 0 Å². The molecule has 5 nitrogen and oxygen atoms in total. The van der Waals surface area contributed by atoms with Crippen LogP contribution < -0.4 is 15.4 Å². The van der Waals surface area contributed by atoms with Gasteiger partial charge in [0.1, 0.15) is 11.8 Å². The number of amides is 2. The van der Waals surface area contributed by atoms with Crippen molar-refractivity contribution in [3.8, 4) is 5.75 Å². The normalized spacial score (nSPS) is 13.2. The van der Waals surface area contributed by atoms with E-state index in [2.05, 4.69) is 10.6 Å². The molecule has 1 aromatic carbocycles. The van der Waals surface area contributed by atoms with Crippen molar-refractivity contribution in [3.05, 3.63) is 29.8 Å². The maximum absolute atomic E-state index is 11.9. The number of carbonyl (C=O) groups excluding carboxylic acids is 2. The molecular weight excluding hydrogens is 256 g/mol. The molecule has 110 valence electrons. The van der Waals surface area contributed by atoms with Gasteiger partial charge in [-0.1, -0.05) is 12.1 Å². The van der Waals surface area contributed by atoms with Crippen LogP contribution >= 0.6 is 0 Å². The number of ether oxygens (including phenoxy) is 1. The zero-order chi connectivity index (χ0) is 15.1. The Bertz CT molecular complexity index is 457. The first-order valence-electron chi connectivity index (χ1n) is 6.74. The van der Waals surface area contributed by atoms with E-state index in [1.807, 2.05) is 38.1 Å². The number of rotatable bonds is 6. The summed E-state index contributed by atoms with van der Waals surface area (Å²) in [5.74, 6) is 0.379. The van der Waals surface area contributed by atoms with E-state index in [1.54, 1.807) is 6.92 Å². The minimum absolute atomic E-state index is 0.130. The Labute approximate surface area is 119 Å². The van der Waals surface area contributed by atoms with Gasteiger partial charge in [0.15, 0.2) is 0 Å². The van der Waals surface area contributed by atoms with Gasteiger partial charge in [-0.25, -0.2) is 0 Å². The van der Waals surface area contributed by atoms with Gasteiger partial charge in [0.05, 0.1) is 12.6 Å². The van der Waals surface area contributed by atoms with Crippen molar-refractivity contribution >= 4 is 11.8 Å². The van der Waals surface area contributed by atoms with Gasteiger partial charge in [-0.2, -0.15) is 0 Å². The fourth-order valence-corrected chi connectivity index (χ4v) is 1.81. The van der Waals surface area contributed by atoms with Gasteiger partial charge >= 0.3 is 0 Å². The zero-order valence-electron chi connectivity index (χ0n) is 12.4. The lowest BCUT2D eigenvalue weighted by molar-refractivity contribution is -0.128. The second-order valence-electron chi connectivity index (χ2n) is 4.65. The summed E-state index contributed by atoms with van der Waals surface area (Å²) in [6, 6.07) is 6.90. The topological polar surface area (TPSA) is 67.4 Å². The van der Waals surface area contributed by atoms with Crippen molar-refractivity contribution in [1.82, 2.24) is 10.6 Å². The molecule has 0 aliphatic heterocycles. The van der Waals surface area contributed by atoms with Gasteiger partial charge in [0, 0.05) is 6.92 Å². The van der Waals surface area contributed by atoms with E-state index >= 15 is 0 Å². The molecule has 0 saturated carbocycles. The molecule has 0 bridgehead atoms. The van der Waals surface area contributed by atoms with Crippen LogP contribution in [0.2, 0.25) is 0 Å². The molecule has 1 rings (SSSR count). The van der Waals surface area contributed by atoms with Crippen molar-refractivity contribution in [3.63, 3.8) is 0 Å². The Balaban J connectivity index is 2.59. The fourth-order valence-electron chi connectivity index (χ4n) is 1.81. The van der Waals surface area contributed by atoms with Crippen LogP contribution in [-0.4, -0.2) is 24.5 Å². The average Bonchev–Trinajstić information content (AvgIpc) is 2.39. The summed E-state index contributed by atoms with van der Waals surface area (Å²) in [5, 5.41) is 5.41. The molecule has 0 heterocycles. The van der Waals surface area contributed by atoms with Crippen molar-refractivity contribution in [2.24, 2.45) is 0 Å². The van der Waals surface area contributed by atoms with Gasteiger partial charge in [-0.05, 0) is 38.5 Å². The van der Waals surface area contributed by atoms with Gasteiger partial charge < -0.3 is 15.4 Å². The lowest BCUT2D eigenvalue weighted by atomic mass is 10.1. The van der Waals surface area contributed by atoms with E-state index in [4.69, 9.17) is 4.74 Å². The third-order valence-electron chi connectivity index (χ3n) is 2.86. The van der Waals surface area contributed by atoms with Crippen molar-refractivity contribution in [2.45, 2.75) is 39.8 Å². The number of hydrogen-bond donors (Lipinski definition) is 2. The van der Waals surface area contributed by atoms with Crippen LogP contribution in [0.1, 0.15) is 39.3 Å². The Hall–Kier alpha value is -2.04. The van der Waals surface area contributed by atoms with Crippen molar-refractivity contribution in [1.29, 1.82) is 0 Å². The van der Waals surface area contributed by atoms with Crippen LogP contribution in [0, 0.1) is 0 Å². The van der Waals surface area contributed by atoms with Crippen LogP contribution in [0.4, 0.5) is 0 Å². The Morgan fingerprint density at radius 2 is 1.75 bits per heavy atom. The molecule has 1 aromatic rings. The molecule has 0 saturated heterocycles. The van der Waals surface area contributed by atoms with Crippen LogP contribution in [0.5, 0.6) is 5.75 Å². The average molecular weight is 278 g/mol. The molecular formula is C15H22N2O3. The highest BCUT2D eigenvalue weighted by Gasteiger charge is 2.16. The molecule has 0 aromatic heterocycles. The molecule has 0 fully saturated rings. The van der Waals surface area contributed by atoms with Gasteiger partial charge in [-0.15, -0.1) is 0 Å². The third kappa shape index (κ3) is 4.91. The lowest BCUT2D eigenvalue weighted by Gasteiger charge is -2.18. The van der Waals surface area contributed by atoms with Gasteiger partial charge in [-0.3, -0.25) is 9.59 Å². The van der Waals surface area contributed by atoms with E-state index in [0.717, 1.165) is 11.3 Å². The summed E-state index contributed by atoms with van der Waals surface area (Å²) in [6.45, 7) is 7.50. The Kier molecular flexibility index (Phi) is 6.03. The minimum atomic E-state index is -0.544. The second kappa shape index (κ2) is 7.53. The number of carbonyl (C=O) groups is 2. The molecule has 0 aliphatic carbocycles. The quantitative estimate of drug-likeness (QED) is 0.833. The highest BCUT2D eigenvalue weighted by molar-refractivity contribution is 5.86. The summed E-state index contributed by atoms with van der Waals surface area (Å²) in [5.41, 5.74) is 0.983. The fraction of sp³-hybridized carbons (Fsp3) is 0.467. The molecule has 0 radical (unpaired) electrons. The first kappa shape index (κ1) is 16.0. The molecule has 0 spiro atoms. The highest BCUT2D eigenvalue weighted by Crippen LogP contribution is 2.17. The summed E-state index contributed by atoms with van der Waals surface area (Å²) >= 11 is 0. The maximum Gasteiger partial charge on any atom is 0.242 e. The van der Waals surface area contributed by atoms with Crippen LogP contribution in [0.25, 0.3) is 0 Å². The van der Waals surface area contributed by atoms with E-state index < -0.39 is 6.04 Å². The molecule has 5 heteroatoms. The SMILES string of the molecule is CCOc1ccc([C@@H](C)NC(=O)[C@H](C)NC(C)=O)cc1. The summed E-state index contributed by atoms with van der Waals surface area (Å²) in [6.07, 6.45) is 0. The first-order chi connectivity index (χ1) is 9.43. The van der Waals surface area contributed by atoms with Gasteiger partial charge in [0.2, 0.25) is 11.8 Å². The predicted octanol–water partition coefficient (Wildman–Crippen LogP) is 1.79. The monoisotopic (exact) mass is 278 g/mol. The first-order valence-corrected chi connectivity index (χ1v) is 6.74. The maximum atomic E-state index is 11.9. The zero-order valence-corrected chi connectivity index (χ0v) is 12.4. The summed E-state index contributed by atoms with van der Waals surface area (Å²) < 4.78 is 5.37. The smallest absolute Gasteiger partial charge is 0.242 e. The van der Waals surface area contributed by atoms with Crippen molar-refractivity contribution in [2.75, 3.05) is 6.61 Å². The molecule has 2 atom stereocenters. The number of nitrogens with one attached hydrogen (secondary N) is 2. The molecule has 0 aliphatic rings. The van der Waals surface area contributed by atoms with Crippen LogP contribution in [-0.2, 0) is 9.59 Å².